The zero-order valence-electron chi connectivity index (χ0n) is 17.6. The number of ether oxygens (including phenoxy) is 2. The number of benzene rings is 1. The molecule has 1 aliphatic heterocycles. The summed E-state index contributed by atoms with van der Waals surface area (Å²) in [4.78, 5) is 19.1. The molecule has 2 aromatic heterocycles. The van der Waals surface area contributed by atoms with Gasteiger partial charge < -0.3 is 19.7 Å². The van der Waals surface area contributed by atoms with Crippen molar-refractivity contribution in [1.82, 2.24) is 20.1 Å². The average molecular weight is 440 g/mol. The third kappa shape index (κ3) is 5.56. The highest BCUT2D eigenvalue weighted by atomic mass is 32.1. The van der Waals surface area contributed by atoms with Gasteiger partial charge in [0.05, 0.1) is 18.8 Å². The summed E-state index contributed by atoms with van der Waals surface area (Å²) in [5.41, 5.74) is 2.52. The smallest absolute Gasteiger partial charge is 0.260 e. The van der Waals surface area contributed by atoms with Gasteiger partial charge in [0, 0.05) is 17.9 Å². The number of para-hydroxylation sites is 1. The van der Waals surface area contributed by atoms with Gasteiger partial charge in [0.1, 0.15) is 16.9 Å². The first-order valence-electron chi connectivity index (χ1n) is 10.3. The number of carbonyl (C=O) groups excluding carboxylic acids is 1. The number of aromatic nitrogens is 3. The molecule has 8 nitrogen and oxygen atoms in total. The van der Waals surface area contributed by atoms with Crippen molar-refractivity contribution in [2.24, 2.45) is 0 Å². The number of morpholine rings is 1. The van der Waals surface area contributed by atoms with Crippen LogP contribution >= 0.6 is 11.3 Å². The number of rotatable bonds is 7. The Morgan fingerprint density at radius 3 is 2.90 bits per heavy atom. The van der Waals surface area contributed by atoms with Crippen molar-refractivity contribution in [2.45, 2.75) is 26.4 Å². The molecule has 1 amide bonds. The van der Waals surface area contributed by atoms with Gasteiger partial charge in [0.2, 0.25) is 5.13 Å². The summed E-state index contributed by atoms with van der Waals surface area (Å²) >= 11 is 1.53. The molecule has 1 N–H and O–H groups in total. The Labute approximate surface area is 185 Å². The van der Waals surface area contributed by atoms with Crippen LogP contribution in [0.25, 0.3) is 0 Å². The van der Waals surface area contributed by atoms with E-state index in [4.69, 9.17) is 9.47 Å². The fourth-order valence-electron chi connectivity index (χ4n) is 3.31. The van der Waals surface area contributed by atoms with Gasteiger partial charge in [-0.15, -0.1) is 10.2 Å². The van der Waals surface area contributed by atoms with Crippen LogP contribution in [0.1, 0.15) is 29.4 Å². The summed E-state index contributed by atoms with van der Waals surface area (Å²) in [6.07, 6.45) is 0.559. The monoisotopic (exact) mass is 439 g/mol. The first-order valence-corrected chi connectivity index (χ1v) is 11.1. The van der Waals surface area contributed by atoms with Crippen LogP contribution in [0.2, 0.25) is 0 Å². The number of carbonyl (C=O) groups is 1. The highest BCUT2D eigenvalue weighted by Gasteiger charge is 2.27. The molecule has 0 aliphatic carbocycles. The van der Waals surface area contributed by atoms with Gasteiger partial charge in [-0.3, -0.25) is 9.78 Å². The molecular formula is C22H25N5O3S. The van der Waals surface area contributed by atoms with E-state index in [0.717, 1.165) is 33.6 Å². The minimum Gasteiger partial charge on any atom is -0.484 e. The van der Waals surface area contributed by atoms with Crippen molar-refractivity contribution >= 4 is 28.1 Å². The minimum atomic E-state index is -0.296. The molecule has 31 heavy (non-hydrogen) atoms. The van der Waals surface area contributed by atoms with Crippen molar-refractivity contribution in [3.63, 3.8) is 0 Å². The SMILES string of the molecule is CCc1nnc(Nc2cc(C)nc(C3CN(C(=O)COc4ccccc4)CCO3)c2)s1. The topological polar surface area (TPSA) is 89.5 Å². The molecule has 1 atom stereocenters. The predicted molar refractivity (Wildman–Crippen MR) is 119 cm³/mol. The highest BCUT2D eigenvalue weighted by Crippen LogP contribution is 2.27. The molecule has 3 heterocycles. The highest BCUT2D eigenvalue weighted by molar-refractivity contribution is 7.15. The summed E-state index contributed by atoms with van der Waals surface area (Å²) in [7, 11) is 0. The van der Waals surface area contributed by atoms with Crippen LogP contribution in [0.4, 0.5) is 10.8 Å². The lowest BCUT2D eigenvalue weighted by molar-refractivity contribution is -0.141. The van der Waals surface area contributed by atoms with Gasteiger partial charge in [0.25, 0.3) is 5.91 Å². The number of anilines is 2. The first kappa shape index (κ1) is 21.2. The lowest BCUT2D eigenvalue weighted by atomic mass is 10.1. The van der Waals surface area contributed by atoms with Crippen LogP contribution in [-0.2, 0) is 16.0 Å². The summed E-state index contributed by atoms with van der Waals surface area (Å²) < 4.78 is 11.5. The number of aryl methyl sites for hydroxylation is 2. The molecule has 162 valence electrons. The second-order valence-electron chi connectivity index (χ2n) is 7.20. The third-order valence-electron chi connectivity index (χ3n) is 4.85. The lowest BCUT2D eigenvalue weighted by Gasteiger charge is -2.32. The summed E-state index contributed by atoms with van der Waals surface area (Å²) in [6.45, 7) is 5.42. The summed E-state index contributed by atoms with van der Waals surface area (Å²) in [6, 6.07) is 13.2. The fraction of sp³-hybridized carbons (Fsp3) is 0.364. The number of pyridine rings is 1. The largest absolute Gasteiger partial charge is 0.484 e. The normalized spacial score (nSPS) is 16.2. The predicted octanol–water partition coefficient (Wildman–Crippen LogP) is 3.53. The molecule has 3 aromatic rings. The van der Waals surface area contributed by atoms with Gasteiger partial charge in [-0.1, -0.05) is 36.5 Å². The maximum atomic E-state index is 12.7. The van der Waals surface area contributed by atoms with Crippen LogP contribution in [0.3, 0.4) is 0 Å². The summed E-state index contributed by atoms with van der Waals surface area (Å²) in [5, 5.41) is 13.3. The summed E-state index contributed by atoms with van der Waals surface area (Å²) in [5.74, 6) is 0.615. The Hall–Kier alpha value is -3.04. The van der Waals surface area contributed by atoms with E-state index < -0.39 is 0 Å². The van der Waals surface area contributed by atoms with Gasteiger partial charge in [-0.2, -0.15) is 0 Å². The maximum Gasteiger partial charge on any atom is 0.260 e. The van der Waals surface area contributed by atoms with E-state index in [1.165, 1.54) is 11.3 Å². The standard InChI is InChI=1S/C22H25N5O3S/c1-3-20-25-26-22(31-20)24-16-11-15(2)23-18(12-16)19-13-27(9-10-29-19)21(28)14-30-17-7-5-4-6-8-17/h4-8,11-12,19H,3,9-10,13-14H2,1-2H3,(H,23,24,26). The molecule has 9 heteroatoms. The van der Waals surface area contributed by atoms with Crippen LogP contribution in [-0.4, -0.2) is 52.3 Å². The second kappa shape index (κ2) is 9.84. The Morgan fingerprint density at radius 1 is 1.29 bits per heavy atom. The molecule has 0 saturated carbocycles. The van der Waals surface area contributed by atoms with Crippen molar-refractivity contribution in [2.75, 3.05) is 31.6 Å². The van der Waals surface area contributed by atoms with Gasteiger partial charge in [-0.25, -0.2) is 0 Å². The minimum absolute atomic E-state index is 0.00158. The van der Waals surface area contributed by atoms with E-state index in [1.807, 2.05) is 49.4 Å². The molecule has 4 rings (SSSR count). The van der Waals surface area contributed by atoms with E-state index in [2.05, 4.69) is 27.4 Å². The van der Waals surface area contributed by atoms with E-state index in [-0.39, 0.29) is 18.6 Å². The van der Waals surface area contributed by atoms with Crippen LogP contribution in [0.5, 0.6) is 5.75 Å². The van der Waals surface area contributed by atoms with Crippen molar-refractivity contribution < 1.29 is 14.3 Å². The molecule has 1 aliphatic rings. The van der Waals surface area contributed by atoms with Crippen molar-refractivity contribution in [1.29, 1.82) is 0 Å². The van der Waals surface area contributed by atoms with Gasteiger partial charge in [0.15, 0.2) is 6.61 Å². The number of hydrogen-bond donors (Lipinski definition) is 1. The molecular weight excluding hydrogens is 414 g/mol. The Bertz CT molecular complexity index is 1030. The molecule has 1 fully saturated rings. The number of nitrogens with one attached hydrogen (secondary N) is 1. The van der Waals surface area contributed by atoms with Crippen molar-refractivity contribution in [3.8, 4) is 5.75 Å². The van der Waals surface area contributed by atoms with Gasteiger partial charge >= 0.3 is 0 Å². The van der Waals surface area contributed by atoms with Crippen molar-refractivity contribution in [3.05, 3.63) is 58.9 Å². The average Bonchev–Trinajstić information content (AvgIpc) is 3.25. The zero-order chi connectivity index (χ0) is 21.6. The molecule has 0 spiro atoms. The molecule has 1 unspecified atom stereocenters. The van der Waals surface area contributed by atoms with E-state index in [1.54, 1.807) is 4.90 Å². The third-order valence-corrected chi connectivity index (χ3v) is 5.83. The van der Waals surface area contributed by atoms with Crippen LogP contribution < -0.4 is 10.1 Å². The molecule has 1 aromatic carbocycles. The quantitative estimate of drug-likeness (QED) is 0.602. The molecule has 0 bridgehead atoms. The van der Waals surface area contributed by atoms with E-state index >= 15 is 0 Å². The molecule has 0 radical (unpaired) electrons. The van der Waals surface area contributed by atoms with Gasteiger partial charge in [-0.05, 0) is 37.6 Å². The fourth-order valence-corrected chi connectivity index (χ4v) is 4.01. The van der Waals surface area contributed by atoms with Crippen LogP contribution in [0.15, 0.2) is 42.5 Å². The first-order chi connectivity index (χ1) is 15.1. The second-order valence-corrected chi connectivity index (χ2v) is 8.26. The van der Waals surface area contributed by atoms with Crippen LogP contribution in [0, 0.1) is 6.92 Å². The van der Waals surface area contributed by atoms with E-state index in [9.17, 15) is 4.79 Å². The Morgan fingerprint density at radius 2 is 2.13 bits per heavy atom. The zero-order valence-corrected chi connectivity index (χ0v) is 18.4. The Balaban J connectivity index is 1.41. The maximum absolute atomic E-state index is 12.7. The lowest BCUT2D eigenvalue weighted by Crippen LogP contribution is -2.44. The number of nitrogens with zero attached hydrogens (tertiary/aromatic N) is 4. The molecule has 1 saturated heterocycles. The number of hydrogen-bond acceptors (Lipinski definition) is 8. The Kier molecular flexibility index (Phi) is 6.73. The van der Waals surface area contributed by atoms with E-state index in [0.29, 0.717) is 25.4 Å². The number of amides is 1.